The minimum Gasteiger partial charge on any atom is -0.743 e. The number of rotatable bonds is 8. The molecule has 0 fully saturated rings. The summed E-state index contributed by atoms with van der Waals surface area (Å²) in [6, 6.07) is 27.5. The Bertz CT molecular complexity index is 1420. The van der Waals surface area contributed by atoms with Crippen LogP contribution in [-0.4, -0.2) is 48.1 Å². The van der Waals surface area contributed by atoms with Gasteiger partial charge in [0.2, 0.25) is 0 Å². The first-order chi connectivity index (χ1) is 19.3. The fourth-order valence-corrected chi connectivity index (χ4v) is 5.53. The van der Waals surface area contributed by atoms with Gasteiger partial charge >= 0.3 is 35.1 Å². The average molecular weight is 680 g/mol. The Morgan fingerprint density at radius 2 is 0.814 bits per heavy atom. The van der Waals surface area contributed by atoms with Crippen LogP contribution in [0.5, 0.6) is 0 Å². The lowest BCUT2D eigenvalue weighted by Gasteiger charge is -2.39. The topological polar surface area (TPSA) is 57.2 Å². The zero-order chi connectivity index (χ0) is 33.3. The second-order valence-electron chi connectivity index (χ2n) is 8.15. The second-order valence-corrected chi connectivity index (χ2v) is 11.6. The van der Waals surface area contributed by atoms with Gasteiger partial charge in [0, 0.05) is 0 Å². The number of alkyl halides is 13. The Morgan fingerprint density at radius 3 is 1.14 bits per heavy atom. The van der Waals surface area contributed by atoms with Crippen LogP contribution < -0.4 is 0 Å². The Balaban J connectivity index is 0.000000302. The maximum absolute atomic E-state index is 13.2. The van der Waals surface area contributed by atoms with Crippen LogP contribution in [0.3, 0.4) is 0 Å². The third-order valence-corrected chi connectivity index (χ3v) is 8.34. The lowest BCUT2D eigenvalue weighted by molar-refractivity contribution is -0.433. The molecule has 0 saturated heterocycles. The molecule has 3 aromatic carbocycles. The molecule has 0 heterocycles. The van der Waals surface area contributed by atoms with E-state index in [4.69, 9.17) is 0 Å². The van der Waals surface area contributed by atoms with E-state index in [2.05, 4.69) is 24.3 Å². The molecular formula is C24H14F14O3S2. The van der Waals surface area contributed by atoms with Crippen molar-refractivity contribution in [2.24, 2.45) is 0 Å². The molecule has 3 rings (SSSR count). The highest BCUT2D eigenvalue weighted by molar-refractivity contribution is 7.97. The molecule has 238 valence electrons. The van der Waals surface area contributed by atoms with Gasteiger partial charge in [-0.1, -0.05) is 36.4 Å². The van der Waals surface area contributed by atoms with E-state index in [1.54, 1.807) is 0 Å². The monoisotopic (exact) mass is 680 g/mol. The molecular weight excluding hydrogens is 666 g/mol. The number of benzene rings is 3. The molecule has 0 atom stereocenters. The standard InChI is InChI=1S/C18H14FS.C6HF13O3S/c19-15-11-13-18(14-12-15)20(16-7-3-1-4-8-16)17-9-5-2-6-10-17;7-1(8,3(11,12)5(15,16)17)2(9,10)4(13,14)6(18,19)23(20,21)22/h1-14H;(H,20,21,22)/q+1;/p-1. The molecule has 0 aromatic heterocycles. The van der Waals surface area contributed by atoms with Gasteiger partial charge in [0.05, 0.1) is 10.9 Å². The fraction of sp³-hybridized carbons (Fsp3) is 0.250. The van der Waals surface area contributed by atoms with Crippen LogP contribution in [0.15, 0.2) is 99.6 Å². The van der Waals surface area contributed by atoms with E-state index in [0.717, 1.165) is 4.90 Å². The van der Waals surface area contributed by atoms with Gasteiger partial charge < -0.3 is 4.55 Å². The summed E-state index contributed by atoms with van der Waals surface area (Å²) in [6.07, 6.45) is -7.61. The molecule has 0 saturated carbocycles. The minimum atomic E-state index is -8.29. The summed E-state index contributed by atoms with van der Waals surface area (Å²) >= 11 is 0. The van der Waals surface area contributed by atoms with Crippen LogP contribution in [-0.2, 0) is 21.0 Å². The second kappa shape index (κ2) is 12.1. The van der Waals surface area contributed by atoms with Crippen molar-refractivity contribution in [2.45, 2.75) is 49.8 Å². The molecule has 0 unspecified atom stereocenters. The van der Waals surface area contributed by atoms with E-state index in [0.29, 0.717) is 0 Å². The SMILES string of the molecule is Fc1ccc([S+](c2ccccc2)c2ccccc2)cc1.O=S(=O)([O-])C(F)(F)C(F)(F)C(F)(F)C(F)(F)C(F)(F)C(F)(F)F. The normalized spacial score (nSPS) is 13.9. The van der Waals surface area contributed by atoms with Gasteiger partial charge in [0.15, 0.2) is 24.8 Å². The highest BCUT2D eigenvalue weighted by Gasteiger charge is 2.91. The Morgan fingerprint density at radius 1 is 0.488 bits per heavy atom. The van der Waals surface area contributed by atoms with Crippen molar-refractivity contribution in [1.82, 2.24) is 0 Å². The Hall–Kier alpha value is -3.06. The van der Waals surface area contributed by atoms with Crippen molar-refractivity contribution >= 4 is 21.0 Å². The molecule has 0 N–H and O–H groups in total. The predicted molar refractivity (Wildman–Crippen MR) is 122 cm³/mol. The largest absolute Gasteiger partial charge is 0.743 e. The van der Waals surface area contributed by atoms with Gasteiger partial charge in [-0.2, -0.15) is 57.1 Å². The van der Waals surface area contributed by atoms with Gasteiger partial charge in [-0.15, -0.1) is 0 Å². The molecule has 0 amide bonds. The molecule has 19 heteroatoms. The number of hydrogen-bond donors (Lipinski definition) is 0. The fourth-order valence-electron chi connectivity index (χ4n) is 3.00. The summed E-state index contributed by atoms with van der Waals surface area (Å²) in [5, 5.41) is -7.63. The van der Waals surface area contributed by atoms with E-state index in [1.807, 2.05) is 48.5 Å². The summed E-state index contributed by atoms with van der Waals surface area (Å²) < 4.78 is 202. The predicted octanol–water partition coefficient (Wildman–Crippen LogP) is 8.15. The molecule has 0 radical (unpaired) electrons. The molecule has 0 aliphatic heterocycles. The summed E-state index contributed by atoms with van der Waals surface area (Å²) in [4.78, 5) is 3.61. The van der Waals surface area contributed by atoms with E-state index < -0.39 is 45.2 Å². The summed E-state index contributed by atoms with van der Waals surface area (Å²) in [6.45, 7) is 0. The smallest absolute Gasteiger partial charge is 0.460 e. The average Bonchev–Trinajstić information content (AvgIpc) is 2.90. The highest BCUT2D eigenvalue weighted by atomic mass is 32.2. The van der Waals surface area contributed by atoms with Gasteiger partial charge in [-0.25, -0.2) is 12.8 Å². The van der Waals surface area contributed by atoms with Crippen LogP contribution >= 0.6 is 0 Å². The molecule has 3 aromatic rings. The number of hydrogen-bond acceptors (Lipinski definition) is 3. The lowest BCUT2D eigenvalue weighted by atomic mass is 9.98. The molecule has 0 aliphatic carbocycles. The van der Waals surface area contributed by atoms with E-state index in [9.17, 15) is 74.4 Å². The zero-order valence-electron chi connectivity index (χ0n) is 20.4. The number of halogens is 14. The molecule has 0 spiro atoms. The molecule has 43 heavy (non-hydrogen) atoms. The van der Waals surface area contributed by atoms with Crippen LogP contribution in [0.2, 0.25) is 0 Å². The van der Waals surface area contributed by atoms with Crippen LogP contribution in [0.1, 0.15) is 0 Å². The van der Waals surface area contributed by atoms with Crippen LogP contribution in [0.25, 0.3) is 0 Å². The van der Waals surface area contributed by atoms with Gasteiger partial charge in [-0.05, 0) is 48.5 Å². The third-order valence-electron chi connectivity index (χ3n) is 5.23. The Kier molecular flexibility index (Phi) is 10.2. The van der Waals surface area contributed by atoms with Crippen molar-refractivity contribution in [3.05, 3.63) is 90.7 Å². The quantitative estimate of drug-likeness (QED) is 0.137. The maximum Gasteiger partial charge on any atom is 0.460 e. The van der Waals surface area contributed by atoms with Crippen molar-refractivity contribution < 1.29 is 74.4 Å². The minimum absolute atomic E-state index is 0.190. The van der Waals surface area contributed by atoms with E-state index in [1.165, 1.54) is 21.9 Å². The van der Waals surface area contributed by atoms with Crippen LogP contribution in [0.4, 0.5) is 61.5 Å². The summed E-state index contributed by atoms with van der Waals surface area (Å²) in [5.41, 5.74) is 0. The molecule has 0 aliphatic rings. The lowest BCUT2D eigenvalue weighted by Crippen LogP contribution is -2.71. The first-order valence-corrected chi connectivity index (χ1v) is 13.5. The maximum atomic E-state index is 13.2. The highest BCUT2D eigenvalue weighted by Crippen LogP contribution is 2.60. The van der Waals surface area contributed by atoms with Crippen molar-refractivity contribution in [3.8, 4) is 0 Å². The third kappa shape index (κ3) is 6.72. The van der Waals surface area contributed by atoms with Crippen molar-refractivity contribution in [1.29, 1.82) is 0 Å². The summed E-state index contributed by atoms with van der Waals surface area (Å²) in [7, 11) is -8.05. The van der Waals surface area contributed by atoms with Gasteiger partial charge in [0.25, 0.3) is 0 Å². The first kappa shape index (κ1) is 36.1. The molecule has 3 nitrogen and oxygen atoms in total. The summed E-state index contributed by atoms with van der Waals surface area (Å²) in [5.74, 6) is -32.8. The van der Waals surface area contributed by atoms with E-state index >= 15 is 0 Å². The molecule has 0 bridgehead atoms. The first-order valence-electron chi connectivity index (χ1n) is 10.9. The van der Waals surface area contributed by atoms with Crippen molar-refractivity contribution in [3.63, 3.8) is 0 Å². The van der Waals surface area contributed by atoms with Crippen molar-refractivity contribution in [2.75, 3.05) is 0 Å². The van der Waals surface area contributed by atoms with Gasteiger partial charge in [-0.3, -0.25) is 0 Å². The Labute approximate surface area is 236 Å². The van der Waals surface area contributed by atoms with Crippen LogP contribution in [0, 0.1) is 5.82 Å². The van der Waals surface area contributed by atoms with Gasteiger partial charge in [0.1, 0.15) is 5.82 Å². The van der Waals surface area contributed by atoms with E-state index in [-0.39, 0.29) is 16.7 Å². The zero-order valence-corrected chi connectivity index (χ0v) is 22.0.